The Morgan fingerprint density at radius 2 is 2.24 bits per heavy atom. The van der Waals surface area contributed by atoms with E-state index in [2.05, 4.69) is 11.9 Å². The third kappa shape index (κ3) is 4.48. The van der Waals surface area contributed by atoms with Crippen LogP contribution >= 0.6 is 0 Å². The van der Waals surface area contributed by atoms with Crippen LogP contribution in [0.4, 0.5) is 11.4 Å². The number of nitro groups is 1. The summed E-state index contributed by atoms with van der Waals surface area (Å²) in [7, 11) is 0. The molecule has 0 fully saturated rings. The number of carbonyl (C=O) groups is 1. The van der Waals surface area contributed by atoms with Gasteiger partial charge in [0.25, 0.3) is 0 Å². The maximum Gasteiger partial charge on any atom is 0.333 e. The second kappa shape index (κ2) is 7.28. The van der Waals surface area contributed by atoms with Crippen LogP contribution in [0.1, 0.15) is 20.3 Å². The fourth-order valence-corrected chi connectivity index (χ4v) is 1.75. The highest BCUT2D eigenvalue weighted by molar-refractivity contribution is 5.80. The molecule has 0 aliphatic heterocycles. The molecule has 1 atom stereocenters. The lowest BCUT2D eigenvalue weighted by atomic mass is 10.1. The number of carboxylic acids is 1. The third-order valence-electron chi connectivity index (χ3n) is 2.57. The molecule has 2 N–H and O–H groups in total. The lowest BCUT2D eigenvalue weighted by molar-refractivity contribution is -0.385. The van der Waals surface area contributed by atoms with Crippen molar-refractivity contribution in [3.05, 3.63) is 41.0 Å². The molecule has 7 nitrogen and oxygen atoms in total. The van der Waals surface area contributed by atoms with Crippen LogP contribution in [0.2, 0.25) is 0 Å². The van der Waals surface area contributed by atoms with Crippen LogP contribution in [-0.4, -0.2) is 28.1 Å². The van der Waals surface area contributed by atoms with Crippen molar-refractivity contribution in [3.63, 3.8) is 0 Å². The minimum atomic E-state index is -1.11. The first-order chi connectivity index (χ1) is 9.86. The topological polar surface area (TPSA) is 102 Å². The van der Waals surface area contributed by atoms with Crippen LogP contribution in [0.5, 0.6) is 5.75 Å². The Kier molecular flexibility index (Phi) is 5.71. The molecule has 1 aromatic carbocycles. The molecule has 1 unspecified atom stereocenters. The first kappa shape index (κ1) is 16.5. The van der Waals surface area contributed by atoms with Crippen molar-refractivity contribution >= 4 is 17.3 Å². The van der Waals surface area contributed by atoms with Crippen LogP contribution in [0.25, 0.3) is 0 Å². The quantitative estimate of drug-likeness (QED) is 0.434. The van der Waals surface area contributed by atoms with Gasteiger partial charge in [0.1, 0.15) is 11.7 Å². The molecule has 0 aliphatic carbocycles. The van der Waals surface area contributed by atoms with E-state index in [1.54, 1.807) is 19.9 Å². The van der Waals surface area contributed by atoms with E-state index in [1.165, 1.54) is 18.2 Å². The molecule has 0 spiro atoms. The van der Waals surface area contributed by atoms with Gasteiger partial charge in [-0.1, -0.05) is 12.1 Å². The maximum atomic E-state index is 11.3. The molecule has 0 bridgehead atoms. The predicted molar refractivity (Wildman–Crippen MR) is 78.7 cm³/mol. The van der Waals surface area contributed by atoms with Gasteiger partial charge in [-0.2, -0.15) is 0 Å². The average molecular weight is 294 g/mol. The summed E-state index contributed by atoms with van der Waals surface area (Å²) in [6.45, 7) is 6.98. The standard InChI is InChI=1S/C14H18N2O5/c1-4-6-11(14(17)18)15-10-7-5-8-12(21-9(2)3)13(10)16(19)20/h4-5,7-9,11,15H,1,6H2,2-3H3,(H,17,18). The van der Waals surface area contributed by atoms with Crippen LogP contribution in [0.3, 0.4) is 0 Å². The normalized spacial score (nSPS) is 11.8. The van der Waals surface area contributed by atoms with Crippen LogP contribution in [-0.2, 0) is 4.79 Å². The molecular weight excluding hydrogens is 276 g/mol. The lowest BCUT2D eigenvalue weighted by Crippen LogP contribution is -2.29. The van der Waals surface area contributed by atoms with Crippen LogP contribution < -0.4 is 10.1 Å². The Labute approximate surface area is 122 Å². The fraction of sp³-hybridized carbons (Fsp3) is 0.357. The van der Waals surface area contributed by atoms with Crippen molar-refractivity contribution in [3.8, 4) is 5.75 Å². The summed E-state index contributed by atoms with van der Waals surface area (Å²) in [5.41, 5.74) is -0.172. The lowest BCUT2D eigenvalue weighted by Gasteiger charge is -2.16. The van der Waals surface area contributed by atoms with E-state index < -0.39 is 16.9 Å². The largest absolute Gasteiger partial charge is 0.484 e. The van der Waals surface area contributed by atoms with Gasteiger partial charge in [-0.15, -0.1) is 6.58 Å². The summed E-state index contributed by atoms with van der Waals surface area (Å²) < 4.78 is 5.40. The number of carboxylic acid groups (broad SMARTS) is 1. The summed E-state index contributed by atoms with van der Waals surface area (Å²) in [4.78, 5) is 21.8. The van der Waals surface area contributed by atoms with Gasteiger partial charge >= 0.3 is 11.7 Å². The number of nitrogens with zero attached hydrogens (tertiary/aromatic N) is 1. The number of ether oxygens (including phenoxy) is 1. The Bertz CT molecular complexity index is 542. The molecule has 0 aromatic heterocycles. The van der Waals surface area contributed by atoms with Gasteiger partial charge in [-0.05, 0) is 32.4 Å². The summed E-state index contributed by atoms with van der Waals surface area (Å²) in [6.07, 6.45) is 1.34. The Morgan fingerprint density at radius 3 is 2.71 bits per heavy atom. The molecule has 7 heteroatoms. The van der Waals surface area contributed by atoms with E-state index in [0.29, 0.717) is 0 Å². The van der Waals surface area contributed by atoms with E-state index in [-0.39, 0.29) is 29.6 Å². The molecule has 114 valence electrons. The summed E-state index contributed by atoms with van der Waals surface area (Å²) >= 11 is 0. The van der Waals surface area contributed by atoms with Crippen molar-refractivity contribution in [1.29, 1.82) is 0 Å². The highest BCUT2D eigenvalue weighted by Crippen LogP contribution is 2.35. The fourth-order valence-electron chi connectivity index (χ4n) is 1.75. The van der Waals surface area contributed by atoms with Crippen molar-refractivity contribution in [2.24, 2.45) is 0 Å². The van der Waals surface area contributed by atoms with Crippen molar-refractivity contribution < 1.29 is 19.6 Å². The summed E-state index contributed by atoms with van der Waals surface area (Å²) in [5.74, 6) is -1.01. The number of hydrogen-bond donors (Lipinski definition) is 2. The first-order valence-corrected chi connectivity index (χ1v) is 6.41. The second-order valence-corrected chi connectivity index (χ2v) is 4.64. The molecule has 0 amide bonds. The number of hydrogen-bond acceptors (Lipinski definition) is 5. The summed E-state index contributed by atoms with van der Waals surface area (Å²) in [6, 6.07) is 3.51. The molecule has 0 aliphatic rings. The third-order valence-corrected chi connectivity index (χ3v) is 2.57. The molecule has 0 saturated heterocycles. The zero-order chi connectivity index (χ0) is 16.0. The molecule has 0 radical (unpaired) electrons. The minimum absolute atomic E-state index is 0.0998. The van der Waals surface area contributed by atoms with Crippen molar-refractivity contribution in [1.82, 2.24) is 0 Å². The van der Waals surface area contributed by atoms with Gasteiger partial charge in [-0.3, -0.25) is 10.1 Å². The van der Waals surface area contributed by atoms with E-state index in [4.69, 9.17) is 9.84 Å². The van der Waals surface area contributed by atoms with Gasteiger partial charge in [0.15, 0.2) is 5.75 Å². The zero-order valence-corrected chi connectivity index (χ0v) is 11.9. The van der Waals surface area contributed by atoms with E-state index in [9.17, 15) is 14.9 Å². The van der Waals surface area contributed by atoms with Gasteiger partial charge in [-0.25, -0.2) is 4.79 Å². The van der Waals surface area contributed by atoms with Gasteiger partial charge in [0, 0.05) is 0 Å². The zero-order valence-electron chi connectivity index (χ0n) is 11.9. The first-order valence-electron chi connectivity index (χ1n) is 6.41. The number of para-hydroxylation sites is 1. The monoisotopic (exact) mass is 294 g/mol. The Hall–Kier alpha value is -2.57. The van der Waals surface area contributed by atoms with Crippen LogP contribution in [0.15, 0.2) is 30.9 Å². The SMILES string of the molecule is C=CCC(Nc1cccc(OC(C)C)c1[N+](=O)[O-])C(=O)O. The second-order valence-electron chi connectivity index (χ2n) is 4.64. The number of anilines is 1. The molecule has 21 heavy (non-hydrogen) atoms. The Balaban J connectivity index is 3.19. The number of aliphatic carboxylic acids is 1. The number of rotatable bonds is 8. The van der Waals surface area contributed by atoms with E-state index in [0.717, 1.165) is 0 Å². The smallest absolute Gasteiger partial charge is 0.333 e. The number of benzene rings is 1. The van der Waals surface area contributed by atoms with Gasteiger partial charge in [0.05, 0.1) is 11.0 Å². The van der Waals surface area contributed by atoms with Crippen molar-refractivity contribution in [2.75, 3.05) is 5.32 Å². The molecule has 1 aromatic rings. The molecule has 0 heterocycles. The minimum Gasteiger partial charge on any atom is -0.484 e. The van der Waals surface area contributed by atoms with E-state index in [1.807, 2.05) is 0 Å². The maximum absolute atomic E-state index is 11.3. The molecule has 1 rings (SSSR count). The predicted octanol–water partition coefficient (Wildman–Crippen LogP) is 2.82. The highest BCUT2D eigenvalue weighted by atomic mass is 16.6. The summed E-state index contributed by atoms with van der Waals surface area (Å²) in [5, 5.41) is 23.0. The number of nitrogens with one attached hydrogen (secondary N) is 1. The van der Waals surface area contributed by atoms with E-state index >= 15 is 0 Å². The van der Waals surface area contributed by atoms with Crippen LogP contribution in [0, 0.1) is 10.1 Å². The highest BCUT2D eigenvalue weighted by Gasteiger charge is 2.25. The number of nitro benzene ring substituents is 1. The van der Waals surface area contributed by atoms with Gasteiger partial charge < -0.3 is 15.2 Å². The molecular formula is C14H18N2O5. The molecule has 0 saturated carbocycles. The van der Waals surface area contributed by atoms with Gasteiger partial charge in [0.2, 0.25) is 0 Å². The Morgan fingerprint density at radius 1 is 1.57 bits per heavy atom. The average Bonchev–Trinajstić information content (AvgIpc) is 2.37. The van der Waals surface area contributed by atoms with Crippen molar-refractivity contribution in [2.45, 2.75) is 32.4 Å².